The van der Waals surface area contributed by atoms with Crippen molar-refractivity contribution in [2.45, 2.75) is 52.2 Å². The summed E-state index contributed by atoms with van der Waals surface area (Å²) in [5.74, 6) is -1.29. The van der Waals surface area contributed by atoms with Crippen molar-refractivity contribution >= 4 is 39.9 Å². The van der Waals surface area contributed by atoms with Gasteiger partial charge in [-0.25, -0.2) is 9.78 Å². The quantitative estimate of drug-likeness (QED) is 0.128. The number of hydrogen-bond acceptors (Lipinski definition) is 9. The lowest BCUT2D eigenvalue weighted by Crippen LogP contribution is -2.29. The Hall–Kier alpha value is -4.18. The van der Waals surface area contributed by atoms with Crippen LogP contribution in [0.3, 0.4) is 0 Å². The topological polar surface area (TPSA) is 115 Å². The molecule has 1 fully saturated rings. The molecule has 2 aliphatic rings. The van der Waals surface area contributed by atoms with Gasteiger partial charge in [-0.15, -0.1) is 0 Å². The van der Waals surface area contributed by atoms with E-state index in [2.05, 4.69) is 11.9 Å². The number of rotatable bonds is 8. The van der Waals surface area contributed by atoms with Gasteiger partial charge in [-0.1, -0.05) is 36.8 Å². The van der Waals surface area contributed by atoms with E-state index in [1.54, 1.807) is 49.4 Å². The van der Waals surface area contributed by atoms with E-state index < -0.39 is 23.7 Å². The summed E-state index contributed by atoms with van der Waals surface area (Å²) in [7, 11) is 1.26. The molecule has 40 heavy (non-hydrogen) atoms. The molecule has 1 saturated heterocycles. The van der Waals surface area contributed by atoms with Gasteiger partial charge in [0, 0.05) is 12.0 Å². The summed E-state index contributed by atoms with van der Waals surface area (Å²) in [5, 5.41) is 11.7. The highest BCUT2D eigenvalue weighted by molar-refractivity contribution is 7.17. The molecule has 208 valence electrons. The van der Waals surface area contributed by atoms with E-state index in [1.807, 2.05) is 6.92 Å². The Morgan fingerprint density at radius 2 is 2.02 bits per heavy atom. The summed E-state index contributed by atoms with van der Waals surface area (Å²) in [5.41, 5.74) is 2.17. The number of Topliss-reactive ketones (excluding diaryl/α,β-unsaturated/α-hetero) is 1. The van der Waals surface area contributed by atoms with Crippen LogP contribution in [0.4, 0.5) is 5.13 Å². The second-order valence-corrected chi connectivity index (χ2v) is 10.8. The molecule has 0 spiro atoms. The summed E-state index contributed by atoms with van der Waals surface area (Å²) >= 11 is 0.956. The highest BCUT2D eigenvalue weighted by Crippen LogP contribution is 2.45. The average molecular weight is 563 g/mol. The minimum Gasteiger partial charge on any atom is -0.507 e. The minimum atomic E-state index is -1.01. The molecular weight excluding hydrogens is 532 g/mol. The number of aliphatic hydroxyl groups excluding tert-OH is 1. The number of aryl methyl sites for hydroxylation is 1. The van der Waals surface area contributed by atoms with Gasteiger partial charge in [0.05, 0.1) is 31.0 Å². The molecule has 0 saturated carbocycles. The van der Waals surface area contributed by atoms with E-state index in [0.717, 1.165) is 35.5 Å². The number of carbonyl (C=O) groups is 3. The standard InChI is InChI=1S/C30H30N2O7S/c1-5-6-12-38-21-9-7-8-18(15-21)24-23(25(33)19-10-11-22-20(14-19)13-16(2)39-22)26(34)28(35)32(24)30-31-17(3)27(40-30)29(36)37-4/h7-11,14-16,24,33H,5-6,12-13H2,1-4H3/b25-23+. The number of thiazole rings is 1. The van der Waals surface area contributed by atoms with Gasteiger partial charge in [0.25, 0.3) is 5.78 Å². The number of aromatic nitrogens is 1. The Balaban J connectivity index is 1.65. The van der Waals surface area contributed by atoms with E-state index >= 15 is 0 Å². The number of ether oxygens (including phenoxy) is 3. The number of esters is 1. The molecule has 2 aromatic carbocycles. The van der Waals surface area contributed by atoms with Gasteiger partial charge >= 0.3 is 11.9 Å². The maximum Gasteiger partial charge on any atom is 0.350 e. The predicted molar refractivity (Wildman–Crippen MR) is 150 cm³/mol. The van der Waals surface area contributed by atoms with Crippen molar-refractivity contribution in [3.63, 3.8) is 0 Å². The maximum atomic E-state index is 13.6. The summed E-state index contributed by atoms with van der Waals surface area (Å²) in [6, 6.07) is 11.3. The largest absolute Gasteiger partial charge is 0.507 e. The Labute approximate surface area is 236 Å². The fraction of sp³-hybridized carbons (Fsp3) is 0.333. The number of ketones is 1. The summed E-state index contributed by atoms with van der Waals surface area (Å²) in [4.78, 5) is 45.3. The Morgan fingerprint density at radius 1 is 1.23 bits per heavy atom. The van der Waals surface area contributed by atoms with Crippen molar-refractivity contribution in [3.8, 4) is 11.5 Å². The molecule has 1 N–H and O–H groups in total. The van der Waals surface area contributed by atoms with E-state index in [0.29, 0.717) is 35.6 Å². The maximum absolute atomic E-state index is 13.6. The number of unbranched alkanes of at least 4 members (excludes halogenated alkanes) is 1. The highest BCUT2D eigenvalue weighted by atomic mass is 32.1. The van der Waals surface area contributed by atoms with E-state index in [9.17, 15) is 19.5 Å². The number of amides is 1. The Bertz CT molecular complexity index is 1530. The molecular formula is C30H30N2O7S. The molecule has 1 aromatic heterocycles. The zero-order valence-electron chi connectivity index (χ0n) is 22.7. The fourth-order valence-electron chi connectivity index (χ4n) is 4.95. The number of hydrogen-bond donors (Lipinski definition) is 1. The second kappa shape index (κ2) is 11.1. The molecule has 10 heteroatoms. The first-order valence-corrected chi connectivity index (χ1v) is 13.9. The molecule has 2 aliphatic heterocycles. The number of aliphatic hydroxyl groups is 1. The zero-order chi connectivity index (χ0) is 28.6. The third-order valence-electron chi connectivity index (χ3n) is 6.92. The van der Waals surface area contributed by atoms with Crippen molar-refractivity contribution in [1.29, 1.82) is 0 Å². The highest BCUT2D eigenvalue weighted by Gasteiger charge is 2.48. The predicted octanol–water partition coefficient (Wildman–Crippen LogP) is 5.37. The molecule has 0 bridgehead atoms. The molecule has 1 amide bonds. The Morgan fingerprint density at radius 3 is 2.77 bits per heavy atom. The van der Waals surface area contributed by atoms with Crippen LogP contribution in [0, 0.1) is 6.92 Å². The zero-order valence-corrected chi connectivity index (χ0v) is 23.5. The van der Waals surface area contributed by atoms with Crippen molar-refractivity contribution in [3.05, 3.63) is 75.3 Å². The molecule has 9 nitrogen and oxygen atoms in total. The molecule has 2 atom stereocenters. The molecule has 5 rings (SSSR count). The summed E-state index contributed by atoms with van der Waals surface area (Å²) in [6.07, 6.45) is 2.51. The number of fused-ring (bicyclic) bond motifs is 1. The molecule has 0 radical (unpaired) electrons. The smallest absolute Gasteiger partial charge is 0.350 e. The van der Waals surface area contributed by atoms with Gasteiger partial charge in [0.2, 0.25) is 0 Å². The summed E-state index contributed by atoms with van der Waals surface area (Å²) < 4.78 is 16.5. The third kappa shape index (κ3) is 4.95. The molecule has 0 aliphatic carbocycles. The van der Waals surface area contributed by atoms with Crippen molar-refractivity contribution in [1.82, 2.24) is 4.98 Å². The monoisotopic (exact) mass is 562 g/mol. The first-order valence-electron chi connectivity index (χ1n) is 13.1. The lowest BCUT2D eigenvalue weighted by Gasteiger charge is -2.23. The first-order chi connectivity index (χ1) is 19.2. The van der Waals surface area contributed by atoms with Crippen molar-refractivity contribution < 1.29 is 33.7 Å². The second-order valence-electron chi connectivity index (χ2n) is 9.80. The number of benzene rings is 2. The van der Waals surface area contributed by atoms with E-state index in [1.165, 1.54) is 12.0 Å². The molecule has 3 heterocycles. The van der Waals surface area contributed by atoms with Crippen molar-refractivity contribution in [2.75, 3.05) is 18.6 Å². The fourth-order valence-corrected chi connectivity index (χ4v) is 5.96. The van der Waals surface area contributed by atoms with Crippen LogP contribution in [-0.2, 0) is 20.7 Å². The van der Waals surface area contributed by atoms with Gasteiger partial charge in [0.1, 0.15) is 28.2 Å². The minimum absolute atomic E-state index is 0.00516. The van der Waals surface area contributed by atoms with Crippen LogP contribution in [0.1, 0.15) is 64.8 Å². The van der Waals surface area contributed by atoms with Crippen LogP contribution in [0.5, 0.6) is 11.5 Å². The van der Waals surface area contributed by atoms with Crippen LogP contribution in [0.25, 0.3) is 5.76 Å². The van der Waals surface area contributed by atoms with Gasteiger partial charge in [-0.3, -0.25) is 14.5 Å². The summed E-state index contributed by atoms with van der Waals surface area (Å²) in [6.45, 7) is 6.18. The van der Waals surface area contributed by atoms with Crippen LogP contribution in [0.15, 0.2) is 48.0 Å². The van der Waals surface area contributed by atoms with Crippen LogP contribution < -0.4 is 14.4 Å². The lowest BCUT2D eigenvalue weighted by atomic mass is 9.94. The van der Waals surface area contributed by atoms with Gasteiger partial charge in [-0.2, -0.15) is 0 Å². The van der Waals surface area contributed by atoms with Crippen LogP contribution >= 0.6 is 11.3 Å². The molecule has 3 aromatic rings. The number of nitrogens with zero attached hydrogens (tertiary/aromatic N) is 2. The third-order valence-corrected chi connectivity index (χ3v) is 8.05. The molecule has 2 unspecified atom stereocenters. The Kier molecular flexibility index (Phi) is 7.62. The van der Waals surface area contributed by atoms with E-state index in [-0.39, 0.29) is 27.4 Å². The van der Waals surface area contributed by atoms with Gasteiger partial charge in [-0.05, 0) is 61.7 Å². The van der Waals surface area contributed by atoms with Gasteiger partial charge < -0.3 is 19.3 Å². The number of carbonyl (C=O) groups excluding carboxylic acids is 3. The SMILES string of the molecule is CCCCOc1cccc(C2/C(=C(\O)c3ccc4c(c3)CC(C)O4)C(=O)C(=O)N2c2nc(C)c(C(=O)OC)s2)c1. The van der Waals surface area contributed by atoms with Gasteiger partial charge in [0.15, 0.2) is 5.13 Å². The number of methoxy groups -OCH3 is 1. The average Bonchev–Trinajstić information content (AvgIpc) is 3.59. The lowest BCUT2D eigenvalue weighted by molar-refractivity contribution is -0.132. The normalized spacial score (nSPS) is 19.4. The van der Waals surface area contributed by atoms with Crippen LogP contribution in [0.2, 0.25) is 0 Å². The van der Waals surface area contributed by atoms with E-state index in [4.69, 9.17) is 14.2 Å². The van der Waals surface area contributed by atoms with Crippen molar-refractivity contribution in [2.24, 2.45) is 0 Å². The first kappa shape index (κ1) is 27.4. The van der Waals surface area contributed by atoms with Crippen LogP contribution in [-0.4, -0.2) is 47.6 Å². The number of anilines is 1.